The minimum Gasteiger partial charge on any atom is -0.370 e. The van der Waals surface area contributed by atoms with Gasteiger partial charge in [0.1, 0.15) is 16.2 Å². The normalized spacial score (nSPS) is 16.2. The van der Waals surface area contributed by atoms with Crippen molar-refractivity contribution in [2.45, 2.75) is 12.8 Å². The summed E-state index contributed by atoms with van der Waals surface area (Å²) in [6, 6.07) is 1.94. The van der Waals surface area contributed by atoms with E-state index in [-0.39, 0.29) is 0 Å². The van der Waals surface area contributed by atoms with Crippen LogP contribution in [0.1, 0.15) is 12.8 Å². The van der Waals surface area contributed by atoms with E-state index in [4.69, 9.17) is 11.6 Å². The number of aryl methyl sites for hydroxylation is 1. The third kappa shape index (κ3) is 1.45. The summed E-state index contributed by atoms with van der Waals surface area (Å²) in [5.74, 6) is 0. The molecule has 16 heavy (non-hydrogen) atoms. The molecular formula is C11H13ClN4. The van der Waals surface area contributed by atoms with E-state index in [1.54, 1.807) is 6.20 Å². The van der Waals surface area contributed by atoms with E-state index in [0.717, 1.165) is 29.8 Å². The zero-order valence-electron chi connectivity index (χ0n) is 9.15. The smallest absolute Gasteiger partial charge is 0.132 e. The molecule has 0 radical (unpaired) electrons. The minimum atomic E-state index is 0.544. The molecule has 84 valence electrons. The second kappa shape index (κ2) is 3.63. The molecule has 3 heterocycles. The molecule has 3 rings (SSSR count). The Labute approximate surface area is 98.8 Å². The molecule has 1 aliphatic heterocycles. The number of hydrogen-bond donors (Lipinski definition) is 0. The molecule has 0 atom stereocenters. The van der Waals surface area contributed by atoms with Gasteiger partial charge in [0.05, 0.1) is 11.9 Å². The fraction of sp³-hybridized carbons (Fsp3) is 0.455. The third-order valence-corrected chi connectivity index (χ3v) is 3.29. The molecule has 0 aromatic carbocycles. The summed E-state index contributed by atoms with van der Waals surface area (Å²) in [5.41, 5.74) is 3.11. The van der Waals surface area contributed by atoms with Crippen LogP contribution in [0.4, 0.5) is 5.69 Å². The van der Waals surface area contributed by atoms with Gasteiger partial charge in [-0.05, 0) is 12.8 Å². The van der Waals surface area contributed by atoms with E-state index in [0.29, 0.717) is 5.15 Å². The second-order valence-electron chi connectivity index (χ2n) is 4.16. The first-order valence-electron chi connectivity index (χ1n) is 5.49. The number of rotatable bonds is 1. The number of nitrogens with zero attached hydrogens (tertiary/aromatic N) is 4. The Morgan fingerprint density at radius 2 is 2.06 bits per heavy atom. The van der Waals surface area contributed by atoms with Crippen LogP contribution >= 0.6 is 11.6 Å². The van der Waals surface area contributed by atoms with Crippen molar-refractivity contribution in [1.29, 1.82) is 0 Å². The number of aromatic nitrogens is 3. The quantitative estimate of drug-likeness (QED) is 0.712. The first kappa shape index (κ1) is 9.90. The lowest BCUT2D eigenvalue weighted by Gasteiger charge is -2.19. The Morgan fingerprint density at radius 1 is 1.31 bits per heavy atom. The van der Waals surface area contributed by atoms with Gasteiger partial charge < -0.3 is 4.90 Å². The van der Waals surface area contributed by atoms with Gasteiger partial charge in [-0.3, -0.25) is 4.68 Å². The molecule has 5 heteroatoms. The highest BCUT2D eigenvalue weighted by Gasteiger charge is 2.18. The van der Waals surface area contributed by atoms with Crippen LogP contribution in [0.25, 0.3) is 11.0 Å². The van der Waals surface area contributed by atoms with Crippen LogP contribution in [0, 0.1) is 0 Å². The lowest BCUT2D eigenvalue weighted by atomic mass is 10.3. The van der Waals surface area contributed by atoms with E-state index in [1.165, 1.54) is 12.8 Å². The van der Waals surface area contributed by atoms with Gasteiger partial charge >= 0.3 is 0 Å². The summed E-state index contributed by atoms with van der Waals surface area (Å²) in [7, 11) is 1.94. The van der Waals surface area contributed by atoms with E-state index >= 15 is 0 Å². The molecule has 0 amide bonds. The largest absolute Gasteiger partial charge is 0.370 e. The highest BCUT2D eigenvalue weighted by atomic mass is 35.5. The summed E-state index contributed by atoms with van der Waals surface area (Å²) in [5, 5.41) is 4.78. The Hall–Kier alpha value is -1.29. The van der Waals surface area contributed by atoms with Crippen LogP contribution in [0.2, 0.25) is 5.15 Å². The highest BCUT2D eigenvalue weighted by Crippen LogP contribution is 2.30. The van der Waals surface area contributed by atoms with Gasteiger partial charge in [0.15, 0.2) is 0 Å². The van der Waals surface area contributed by atoms with Crippen molar-refractivity contribution in [1.82, 2.24) is 14.8 Å². The number of pyridine rings is 1. The molecule has 0 aliphatic carbocycles. The predicted molar refractivity (Wildman–Crippen MR) is 65.0 cm³/mol. The third-order valence-electron chi connectivity index (χ3n) is 3.09. The molecule has 2 aromatic rings. The number of fused-ring (bicyclic) bond motifs is 1. The summed E-state index contributed by atoms with van der Waals surface area (Å²) in [6.07, 6.45) is 4.26. The van der Waals surface area contributed by atoms with E-state index < -0.39 is 0 Å². The first-order chi connectivity index (χ1) is 7.75. The first-order valence-corrected chi connectivity index (χ1v) is 5.87. The van der Waals surface area contributed by atoms with Crippen molar-refractivity contribution >= 4 is 28.3 Å². The highest BCUT2D eigenvalue weighted by molar-refractivity contribution is 6.30. The molecule has 1 saturated heterocycles. The molecule has 0 saturated carbocycles. The lowest BCUT2D eigenvalue weighted by Crippen LogP contribution is -2.18. The van der Waals surface area contributed by atoms with E-state index in [2.05, 4.69) is 15.0 Å². The van der Waals surface area contributed by atoms with Crippen LogP contribution in [-0.4, -0.2) is 27.9 Å². The van der Waals surface area contributed by atoms with Crippen molar-refractivity contribution < 1.29 is 0 Å². The van der Waals surface area contributed by atoms with Gasteiger partial charge in [-0.15, -0.1) is 0 Å². The summed E-state index contributed by atoms with van der Waals surface area (Å²) in [4.78, 5) is 6.64. The van der Waals surface area contributed by atoms with Gasteiger partial charge in [0.2, 0.25) is 0 Å². The monoisotopic (exact) mass is 236 g/mol. The molecule has 0 bridgehead atoms. The van der Waals surface area contributed by atoms with Crippen molar-refractivity contribution in [3.05, 3.63) is 17.4 Å². The van der Waals surface area contributed by atoms with Crippen molar-refractivity contribution in [3.63, 3.8) is 0 Å². The maximum Gasteiger partial charge on any atom is 0.132 e. The van der Waals surface area contributed by atoms with Gasteiger partial charge in [-0.25, -0.2) is 4.98 Å². The molecular weight excluding hydrogens is 224 g/mol. The Balaban J connectivity index is 2.23. The number of halogens is 1. The number of hydrogen-bond acceptors (Lipinski definition) is 3. The second-order valence-corrected chi connectivity index (χ2v) is 4.55. The van der Waals surface area contributed by atoms with Crippen molar-refractivity contribution in [2.75, 3.05) is 18.0 Å². The molecule has 0 N–H and O–H groups in total. The molecule has 0 spiro atoms. The van der Waals surface area contributed by atoms with Crippen LogP contribution < -0.4 is 4.90 Å². The molecule has 0 unspecified atom stereocenters. The van der Waals surface area contributed by atoms with Crippen LogP contribution in [0.15, 0.2) is 12.3 Å². The standard InChI is InChI=1S/C11H13ClN4/c1-15-11-8(7-13-15)14-10(12)6-9(11)16-4-2-3-5-16/h6-7H,2-5H2,1H3. The van der Waals surface area contributed by atoms with Gasteiger partial charge in [-0.1, -0.05) is 11.6 Å². The van der Waals surface area contributed by atoms with Crippen LogP contribution in [-0.2, 0) is 7.05 Å². The Kier molecular flexibility index (Phi) is 2.24. The molecule has 1 aliphatic rings. The van der Waals surface area contributed by atoms with E-state index in [1.807, 2.05) is 17.8 Å². The molecule has 4 nitrogen and oxygen atoms in total. The maximum atomic E-state index is 6.04. The number of anilines is 1. The molecule has 2 aromatic heterocycles. The van der Waals surface area contributed by atoms with Crippen molar-refractivity contribution in [2.24, 2.45) is 7.05 Å². The fourth-order valence-electron chi connectivity index (χ4n) is 2.33. The zero-order chi connectivity index (χ0) is 11.1. The van der Waals surface area contributed by atoms with Crippen LogP contribution in [0.3, 0.4) is 0 Å². The topological polar surface area (TPSA) is 34.0 Å². The van der Waals surface area contributed by atoms with Crippen molar-refractivity contribution in [3.8, 4) is 0 Å². The maximum absolute atomic E-state index is 6.04. The van der Waals surface area contributed by atoms with Gasteiger partial charge in [0.25, 0.3) is 0 Å². The summed E-state index contributed by atoms with van der Waals surface area (Å²) >= 11 is 6.04. The average Bonchev–Trinajstić information content (AvgIpc) is 2.87. The van der Waals surface area contributed by atoms with Gasteiger partial charge in [-0.2, -0.15) is 5.10 Å². The predicted octanol–water partition coefficient (Wildman–Crippen LogP) is 2.22. The molecule has 1 fully saturated rings. The Bertz CT molecular complexity index is 528. The van der Waals surface area contributed by atoms with E-state index in [9.17, 15) is 0 Å². The summed E-state index contributed by atoms with van der Waals surface area (Å²) < 4.78 is 1.87. The SMILES string of the molecule is Cn1ncc2nc(Cl)cc(N3CCCC3)c21. The fourth-order valence-corrected chi connectivity index (χ4v) is 2.53. The lowest BCUT2D eigenvalue weighted by molar-refractivity contribution is 0.793. The average molecular weight is 237 g/mol. The minimum absolute atomic E-state index is 0.544. The zero-order valence-corrected chi connectivity index (χ0v) is 9.91. The Morgan fingerprint density at radius 3 is 2.81 bits per heavy atom. The summed E-state index contributed by atoms with van der Waals surface area (Å²) in [6.45, 7) is 2.20. The van der Waals surface area contributed by atoms with Gasteiger partial charge in [0, 0.05) is 26.2 Å². The van der Waals surface area contributed by atoms with Crippen LogP contribution in [0.5, 0.6) is 0 Å².